The average Bonchev–Trinajstić information content (AvgIpc) is 2.50. The molecule has 1 aromatic heterocycles. The number of benzene rings is 1. The van der Waals surface area contributed by atoms with E-state index in [1.54, 1.807) is 6.07 Å². The highest BCUT2D eigenvalue weighted by molar-refractivity contribution is 9.10. The van der Waals surface area contributed by atoms with Crippen molar-refractivity contribution in [2.24, 2.45) is 0 Å². The van der Waals surface area contributed by atoms with Crippen molar-refractivity contribution in [2.75, 3.05) is 10.6 Å². The largest absolute Gasteiger partial charge is 0.368 e. The van der Waals surface area contributed by atoms with E-state index in [0.717, 1.165) is 16.5 Å². The van der Waals surface area contributed by atoms with Crippen molar-refractivity contribution in [3.8, 4) is 0 Å². The normalized spacial score (nSPS) is 11.8. The number of halogens is 1. The quantitative estimate of drug-likeness (QED) is 0.842. The lowest BCUT2D eigenvalue weighted by Crippen LogP contribution is -2.17. The SMILES string of the molecule is CCC(C)Nc1cc(C(=O)Nc2ccc(C)cc2Br)ncn1. The molecule has 0 aliphatic rings. The third kappa shape index (κ3) is 4.27. The van der Waals surface area contributed by atoms with Crippen molar-refractivity contribution < 1.29 is 4.79 Å². The van der Waals surface area contributed by atoms with E-state index in [9.17, 15) is 4.79 Å². The van der Waals surface area contributed by atoms with Crippen molar-refractivity contribution in [2.45, 2.75) is 33.2 Å². The first-order valence-corrected chi connectivity index (χ1v) is 7.95. The third-order valence-electron chi connectivity index (χ3n) is 3.28. The Bertz CT molecular complexity index is 675. The van der Waals surface area contributed by atoms with Crippen LogP contribution in [0.3, 0.4) is 0 Å². The van der Waals surface area contributed by atoms with Gasteiger partial charge in [0, 0.05) is 16.6 Å². The molecule has 1 heterocycles. The van der Waals surface area contributed by atoms with Gasteiger partial charge in [0.25, 0.3) is 5.91 Å². The van der Waals surface area contributed by atoms with Crippen LogP contribution in [0.25, 0.3) is 0 Å². The molecule has 1 amide bonds. The van der Waals surface area contributed by atoms with E-state index in [2.05, 4.69) is 50.4 Å². The minimum Gasteiger partial charge on any atom is -0.368 e. The fourth-order valence-corrected chi connectivity index (χ4v) is 2.42. The van der Waals surface area contributed by atoms with Crippen LogP contribution in [0.2, 0.25) is 0 Å². The molecule has 0 aliphatic carbocycles. The smallest absolute Gasteiger partial charge is 0.274 e. The molecule has 116 valence electrons. The van der Waals surface area contributed by atoms with Crippen molar-refractivity contribution in [3.63, 3.8) is 0 Å². The molecule has 1 unspecified atom stereocenters. The molecule has 0 saturated heterocycles. The fraction of sp³-hybridized carbons (Fsp3) is 0.312. The van der Waals surface area contributed by atoms with E-state index in [-0.39, 0.29) is 11.9 Å². The molecule has 0 aliphatic heterocycles. The first kappa shape index (κ1) is 16.4. The predicted octanol–water partition coefficient (Wildman–Crippen LogP) is 4.01. The second kappa shape index (κ2) is 7.35. The van der Waals surface area contributed by atoms with Gasteiger partial charge >= 0.3 is 0 Å². The summed E-state index contributed by atoms with van der Waals surface area (Å²) in [4.78, 5) is 20.5. The van der Waals surface area contributed by atoms with Gasteiger partial charge in [0.2, 0.25) is 0 Å². The number of aromatic nitrogens is 2. The van der Waals surface area contributed by atoms with Crippen molar-refractivity contribution in [3.05, 3.63) is 46.3 Å². The summed E-state index contributed by atoms with van der Waals surface area (Å²) in [5.41, 5.74) is 2.16. The minimum absolute atomic E-state index is 0.265. The Morgan fingerprint density at radius 2 is 2.09 bits per heavy atom. The molecule has 5 nitrogen and oxygen atoms in total. The maximum Gasteiger partial charge on any atom is 0.274 e. The Morgan fingerprint density at radius 1 is 1.32 bits per heavy atom. The Balaban J connectivity index is 2.14. The summed E-state index contributed by atoms with van der Waals surface area (Å²) in [6.45, 7) is 6.14. The maximum atomic E-state index is 12.3. The van der Waals surface area contributed by atoms with Crippen LogP contribution >= 0.6 is 15.9 Å². The standard InChI is InChI=1S/C16H19BrN4O/c1-4-11(3)20-15-8-14(18-9-19-15)16(22)21-13-6-5-10(2)7-12(13)17/h5-9,11H,4H2,1-3H3,(H,21,22)(H,18,19,20). The van der Waals surface area contributed by atoms with Gasteiger partial charge in [-0.1, -0.05) is 13.0 Å². The average molecular weight is 363 g/mol. The van der Waals surface area contributed by atoms with Crippen LogP contribution in [-0.2, 0) is 0 Å². The lowest BCUT2D eigenvalue weighted by atomic mass is 10.2. The van der Waals surface area contributed by atoms with Crippen LogP contribution in [-0.4, -0.2) is 21.9 Å². The number of carbonyl (C=O) groups excluding carboxylic acids is 1. The molecule has 2 rings (SSSR count). The zero-order valence-electron chi connectivity index (χ0n) is 12.9. The molecule has 6 heteroatoms. The van der Waals surface area contributed by atoms with Gasteiger partial charge in [-0.2, -0.15) is 0 Å². The molecule has 0 radical (unpaired) electrons. The van der Waals surface area contributed by atoms with Crippen LogP contribution in [0.15, 0.2) is 35.1 Å². The second-order valence-corrected chi connectivity index (χ2v) is 6.03. The van der Waals surface area contributed by atoms with Crippen molar-refractivity contribution in [1.29, 1.82) is 0 Å². The molecule has 0 fully saturated rings. The molecule has 22 heavy (non-hydrogen) atoms. The summed E-state index contributed by atoms with van der Waals surface area (Å²) < 4.78 is 0.841. The van der Waals surface area contributed by atoms with Gasteiger partial charge in [-0.3, -0.25) is 4.79 Å². The molecular weight excluding hydrogens is 344 g/mol. The minimum atomic E-state index is -0.265. The molecule has 2 N–H and O–H groups in total. The number of hydrogen-bond acceptors (Lipinski definition) is 4. The van der Waals surface area contributed by atoms with Crippen molar-refractivity contribution >= 4 is 33.3 Å². The number of aryl methyl sites for hydroxylation is 1. The van der Waals surface area contributed by atoms with Gasteiger partial charge in [-0.15, -0.1) is 0 Å². The summed E-state index contributed by atoms with van der Waals surface area (Å²) in [7, 11) is 0. The fourth-order valence-electron chi connectivity index (χ4n) is 1.82. The Kier molecular flexibility index (Phi) is 5.49. The summed E-state index contributed by atoms with van der Waals surface area (Å²) in [6, 6.07) is 7.69. The van der Waals surface area contributed by atoms with E-state index >= 15 is 0 Å². The first-order valence-electron chi connectivity index (χ1n) is 7.15. The Labute approximate surface area is 138 Å². The van der Waals surface area contributed by atoms with E-state index in [1.807, 2.05) is 25.1 Å². The number of nitrogens with one attached hydrogen (secondary N) is 2. The van der Waals surface area contributed by atoms with Gasteiger partial charge in [0.05, 0.1) is 5.69 Å². The zero-order valence-corrected chi connectivity index (χ0v) is 14.4. The molecule has 0 spiro atoms. The number of hydrogen-bond donors (Lipinski definition) is 2. The second-order valence-electron chi connectivity index (χ2n) is 5.18. The van der Waals surface area contributed by atoms with Gasteiger partial charge in [0.15, 0.2) is 0 Å². The molecular formula is C16H19BrN4O. The molecule has 2 aromatic rings. The van der Waals surface area contributed by atoms with Gasteiger partial charge in [-0.05, 0) is 53.9 Å². The van der Waals surface area contributed by atoms with Crippen LogP contribution in [0.5, 0.6) is 0 Å². The number of nitrogens with zero attached hydrogens (tertiary/aromatic N) is 2. The summed E-state index contributed by atoms with van der Waals surface area (Å²) in [5, 5.41) is 6.07. The van der Waals surface area contributed by atoms with Crippen LogP contribution in [0.1, 0.15) is 36.3 Å². The van der Waals surface area contributed by atoms with Crippen LogP contribution < -0.4 is 10.6 Å². The van der Waals surface area contributed by atoms with Gasteiger partial charge < -0.3 is 10.6 Å². The Morgan fingerprint density at radius 3 is 2.77 bits per heavy atom. The number of carbonyl (C=O) groups is 1. The van der Waals surface area contributed by atoms with E-state index in [4.69, 9.17) is 0 Å². The molecule has 1 atom stereocenters. The highest BCUT2D eigenvalue weighted by atomic mass is 79.9. The van der Waals surface area contributed by atoms with Crippen LogP contribution in [0, 0.1) is 6.92 Å². The lowest BCUT2D eigenvalue weighted by molar-refractivity contribution is 0.102. The summed E-state index contributed by atoms with van der Waals surface area (Å²) in [5.74, 6) is 0.386. The number of anilines is 2. The third-order valence-corrected chi connectivity index (χ3v) is 3.94. The topological polar surface area (TPSA) is 66.9 Å². The first-order chi connectivity index (χ1) is 10.5. The molecule has 0 bridgehead atoms. The predicted molar refractivity (Wildman–Crippen MR) is 92.2 cm³/mol. The van der Waals surface area contributed by atoms with Gasteiger partial charge in [-0.25, -0.2) is 9.97 Å². The molecule has 1 aromatic carbocycles. The number of rotatable bonds is 5. The Hall–Kier alpha value is -1.95. The van der Waals surface area contributed by atoms with Crippen molar-refractivity contribution in [1.82, 2.24) is 9.97 Å². The summed E-state index contributed by atoms with van der Waals surface area (Å²) in [6.07, 6.45) is 2.37. The van der Waals surface area contributed by atoms with Crippen LogP contribution in [0.4, 0.5) is 11.5 Å². The van der Waals surface area contributed by atoms with E-state index in [1.165, 1.54) is 6.33 Å². The van der Waals surface area contributed by atoms with E-state index < -0.39 is 0 Å². The van der Waals surface area contributed by atoms with Gasteiger partial charge in [0.1, 0.15) is 17.8 Å². The highest BCUT2D eigenvalue weighted by Gasteiger charge is 2.11. The maximum absolute atomic E-state index is 12.3. The number of amides is 1. The zero-order chi connectivity index (χ0) is 16.1. The molecule has 0 saturated carbocycles. The van der Waals surface area contributed by atoms with E-state index in [0.29, 0.717) is 17.2 Å². The summed E-state index contributed by atoms with van der Waals surface area (Å²) >= 11 is 3.44. The lowest BCUT2D eigenvalue weighted by Gasteiger charge is -2.12. The monoisotopic (exact) mass is 362 g/mol. The highest BCUT2D eigenvalue weighted by Crippen LogP contribution is 2.23.